The zero-order valence-corrected chi connectivity index (χ0v) is 33.2. The lowest BCUT2D eigenvalue weighted by Gasteiger charge is -2.22. The number of nitrogens with zero attached hydrogens (tertiary/aromatic N) is 2. The lowest BCUT2D eigenvalue weighted by atomic mass is 9.87. The third-order valence-corrected chi connectivity index (χ3v) is 10.8. The minimum absolute atomic E-state index is 0.0603. The van der Waals surface area contributed by atoms with Crippen molar-refractivity contribution in [3.05, 3.63) is 163 Å². The van der Waals surface area contributed by atoms with Crippen molar-refractivity contribution < 1.29 is 59.3 Å². The van der Waals surface area contributed by atoms with Crippen LogP contribution in [0.25, 0.3) is 11.4 Å². The van der Waals surface area contributed by atoms with Gasteiger partial charge in [0.25, 0.3) is 0 Å². The Hall–Kier alpha value is -7.74. The van der Waals surface area contributed by atoms with Crippen molar-refractivity contribution in [2.45, 2.75) is 64.6 Å². The second kappa shape index (κ2) is 17.1. The van der Waals surface area contributed by atoms with Crippen LogP contribution in [0.15, 0.2) is 84.9 Å². The number of rotatable bonds is 8. The number of carboxylic acid groups (broad SMARTS) is 4. The van der Waals surface area contributed by atoms with Crippen molar-refractivity contribution in [3.8, 4) is 34.4 Å². The van der Waals surface area contributed by atoms with Crippen LogP contribution in [0.4, 0.5) is 0 Å². The number of phenolic OH excluding ortho intramolecular Hbond substituents is 2. The van der Waals surface area contributed by atoms with E-state index >= 15 is 0 Å². The minimum Gasteiger partial charge on any atom is -0.507 e. The molecule has 6 aromatic rings. The highest BCUT2D eigenvalue weighted by Gasteiger charge is 2.25. The Balaban J connectivity index is 1.48. The highest BCUT2D eigenvalue weighted by molar-refractivity contribution is 5.73. The van der Waals surface area contributed by atoms with Crippen LogP contribution in [0.5, 0.6) is 23.0 Å². The van der Waals surface area contributed by atoms with E-state index in [1.54, 1.807) is 60.7 Å². The fraction of sp³-hybridized carbons (Fsp3) is 0.208. The molecule has 0 saturated carbocycles. The lowest BCUT2D eigenvalue weighted by Crippen LogP contribution is -2.11. The summed E-state index contributed by atoms with van der Waals surface area (Å²) in [4.78, 5) is 58.4. The van der Waals surface area contributed by atoms with Crippen LogP contribution in [0.1, 0.15) is 78.1 Å². The summed E-state index contributed by atoms with van der Waals surface area (Å²) in [6.45, 7) is -0.144. The Kier molecular flexibility index (Phi) is 11.3. The van der Waals surface area contributed by atoms with Gasteiger partial charge in [0.1, 0.15) is 36.2 Å². The number of fused-ring (bicyclic) bond motifs is 2. The number of benzene rings is 4. The Labute approximate surface area is 354 Å². The molecule has 62 heavy (non-hydrogen) atoms. The number of hydrogen-bond donors (Lipinski definition) is 6. The van der Waals surface area contributed by atoms with Crippen LogP contribution in [0.2, 0.25) is 0 Å². The highest BCUT2D eigenvalue weighted by Crippen LogP contribution is 2.41. The van der Waals surface area contributed by atoms with E-state index < -0.39 is 49.6 Å². The number of carboxylic acids is 4. The average Bonchev–Trinajstić information content (AvgIpc) is 3.19. The first-order valence-electron chi connectivity index (χ1n) is 19.8. The molecule has 3 aliphatic rings. The monoisotopic (exact) mass is 836 g/mol. The van der Waals surface area contributed by atoms with Gasteiger partial charge in [-0.3, -0.25) is 19.2 Å². The summed E-state index contributed by atoms with van der Waals surface area (Å²) in [6, 6.07) is 23.7. The predicted molar refractivity (Wildman–Crippen MR) is 222 cm³/mol. The second-order valence-corrected chi connectivity index (χ2v) is 15.6. The SMILES string of the molecule is O=C(O)Cc1cc2c(O)c(c1)Cc1cc(CC(=O)O)cc3c1OCc1cccc(n1)-c1cccc(n1)COc1c(cc(CC(=O)O)cc1Cc1cc(CC(=O)O)cc(c1O)C3)C2. The summed E-state index contributed by atoms with van der Waals surface area (Å²) in [6.07, 6.45) is -1.80. The van der Waals surface area contributed by atoms with Gasteiger partial charge in [-0.05, 0) is 91.0 Å². The van der Waals surface area contributed by atoms with E-state index in [2.05, 4.69) is 0 Å². The van der Waals surface area contributed by atoms with Crippen LogP contribution in [0, 0.1) is 0 Å². The van der Waals surface area contributed by atoms with Crippen LogP contribution in [0.3, 0.4) is 0 Å². The van der Waals surface area contributed by atoms with E-state index in [0.29, 0.717) is 101 Å². The normalized spacial score (nSPS) is 13.0. The topological polar surface area (TPSA) is 234 Å². The molecule has 14 bridgehead atoms. The molecule has 9 rings (SSSR count). The van der Waals surface area contributed by atoms with Crippen molar-refractivity contribution in [2.24, 2.45) is 0 Å². The van der Waals surface area contributed by atoms with Crippen molar-refractivity contribution in [1.29, 1.82) is 0 Å². The molecule has 0 radical (unpaired) electrons. The number of aromatic hydroxyl groups is 2. The van der Waals surface area contributed by atoms with E-state index in [1.165, 1.54) is 0 Å². The van der Waals surface area contributed by atoms with E-state index in [1.807, 2.05) is 24.3 Å². The molecule has 14 nitrogen and oxygen atoms in total. The quantitative estimate of drug-likeness (QED) is 0.0999. The van der Waals surface area contributed by atoms with Crippen molar-refractivity contribution in [3.63, 3.8) is 0 Å². The van der Waals surface area contributed by atoms with Gasteiger partial charge in [-0.25, -0.2) is 9.97 Å². The molecule has 0 atom stereocenters. The van der Waals surface area contributed by atoms with E-state index in [-0.39, 0.29) is 50.4 Å². The molecule has 0 fully saturated rings. The van der Waals surface area contributed by atoms with Gasteiger partial charge < -0.3 is 40.1 Å². The number of pyridine rings is 2. The van der Waals surface area contributed by atoms with E-state index in [0.717, 1.165) is 0 Å². The first kappa shape index (κ1) is 41.0. The van der Waals surface area contributed by atoms with E-state index in [9.17, 15) is 49.8 Å². The molecule has 314 valence electrons. The summed E-state index contributed by atoms with van der Waals surface area (Å²) < 4.78 is 13.3. The van der Waals surface area contributed by atoms with Crippen LogP contribution < -0.4 is 9.47 Å². The Bertz CT molecular complexity index is 2530. The van der Waals surface area contributed by atoms with Gasteiger partial charge in [0, 0.05) is 25.7 Å². The zero-order valence-electron chi connectivity index (χ0n) is 33.2. The van der Waals surface area contributed by atoms with Gasteiger partial charge in [0.15, 0.2) is 0 Å². The fourth-order valence-corrected chi connectivity index (χ4v) is 8.38. The molecule has 4 heterocycles. The van der Waals surface area contributed by atoms with E-state index in [4.69, 9.17) is 19.4 Å². The number of carbonyl (C=O) groups is 4. The molecule has 0 unspecified atom stereocenters. The maximum Gasteiger partial charge on any atom is 0.307 e. The summed E-state index contributed by atoms with van der Waals surface area (Å²) in [5.41, 5.74) is 6.67. The van der Waals surface area contributed by atoms with Gasteiger partial charge in [0.05, 0.1) is 48.5 Å². The molecule has 0 spiro atoms. The van der Waals surface area contributed by atoms with Gasteiger partial charge in [0.2, 0.25) is 0 Å². The summed E-state index contributed by atoms with van der Waals surface area (Å²) >= 11 is 0. The summed E-state index contributed by atoms with van der Waals surface area (Å²) in [5, 5.41) is 64.1. The Morgan fingerprint density at radius 2 is 0.710 bits per heavy atom. The molecule has 0 saturated heterocycles. The molecule has 6 N–H and O–H groups in total. The smallest absolute Gasteiger partial charge is 0.307 e. The first-order chi connectivity index (χ1) is 29.7. The molecule has 14 heteroatoms. The van der Waals surface area contributed by atoms with Crippen molar-refractivity contribution >= 4 is 23.9 Å². The summed E-state index contributed by atoms with van der Waals surface area (Å²) in [7, 11) is 0. The lowest BCUT2D eigenvalue weighted by molar-refractivity contribution is -0.137. The number of ether oxygens (including phenoxy) is 2. The van der Waals surface area contributed by atoms with Crippen molar-refractivity contribution in [1.82, 2.24) is 9.97 Å². The van der Waals surface area contributed by atoms with Crippen molar-refractivity contribution in [2.75, 3.05) is 0 Å². The zero-order chi connectivity index (χ0) is 43.7. The Morgan fingerprint density at radius 1 is 0.435 bits per heavy atom. The third kappa shape index (κ3) is 9.19. The number of phenols is 2. The number of aromatic nitrogens is 2. The first-order valence-corrected chi connectivity index (χ1v) is 19.8. The minimum atomic E-state index is -1.11. The second-order valence-electron chi connectivity index (χ2n) is 15.6. The van der Waals surface area contributed by atoms with Gasteiger partial charge in [-0.1, -0.05) is 60.7 Å². The number of aliphatic carboxylic acids is 4. The highest BCUT2D eigenvalue weighted by atomic mass is 16.5. The Morgan fingerprint density at radius 3 is 0.984 bits per heavy atom. The molecule has 0 amide bonds. The van der Waals surface area contributed by atoms with Crippen LogP contribution >= 0.6 is 0 Å². The third-order valence-electron chi connectivity index (χ3n) is 10.8. The summed E-state index contributed by atoms with van der Waals surface area (Å²) in [5.74, 6) is -4.19. The van der Waals surface area contributed by atoms with Crippen LogP contribution in [-0.2, 0) is 83.8 Å². The maximum absolute atomic E-state index is 12.2. The average molecular weight is 837 g/mol. The fourth-order valence-electron chi connectivity index (χ4n) is 8.38. The van der Waals surface area contributed by atoms with Crippen LogP contribution in [-0.4, -0.2) is 64.5 Å². The van der Waals surface area contributed by atoms with Gasteiger partial charge in [-0.2, -0.15) is 0 Å². The molecule has 2 aromatic heterocycles. The molecule has 2 aliphatic heterocycles. The molecular weight excluding hydrogens is 797 g/mol. The standard InChI is InChI=1S/C48H40N2O12/c51-41(52)15-25-7-29-19-33-11-27(17-43(55)56)12-34-20-30-8-26(16-42(53)54)10-32(46(30)60)22-36-14-28(18-44(57)58)13-35(21-31(9-25)45(29)59)48(36)62-24-38-4-2-6-40(50-38)39-5-1-3-37(49-39)23-61-47(33)34/h1-14,59-60H,15-24H2,(H,51,52)(H,53,54)(H,55,56)(H,57,58). The molecule has 1 aliphatic carbocycles. The number of hydrogen-bond acceptors (Lipinski definition) is 10. The molecule has 4 aromatic carbocycles. The largest absolute Gasteiger partial charge is 0.507 e. The predicted octanol–water partition coefficient (Wildman–Crippen LogP) is 6.21. The van der Waals surface area contributed by atoms with Gasteiger partial charge in [-0.15, -0.1) is 0 Å². The van der Waals surface area contributed by atoms with Gasteiger partial charge >= 0.3 is 23.9 Å². The maximum atomic E-state index is 12.2. The molecular formula is C48H40N2O12.